The van der Waals surface area contributed by atoms with E-state index in [1.54, 1.807) is 29.7 Å². The Morgan fingerprint density at radius 2 is 1.96 bits per heavy atom. The summed E-state index contributed by atoms with van der Waals surface area (Å²) in [6.07, 6.45) is 0.805. The van der Waals surface area contributed by atoms with Crippen LogP contribution >= 0.6 is 11.8 Å². The van der Waals surface area contributed by atoms with Crippen LogP contribution in [0.5, 0.6) is 0 Å². The minimum atomic E-state index is -0.0623. The number of carbonyl (C=O) groups is 2. The molecule has 24 heavy (non-hydrogen) atoms. The van der Waals surface area contributed by atoms with Gasteiger partial charge in [-0.05, 0) is 42.3 Å². The predicted octanol–water partition coefficient (Wildman–Crippen LogP) is 3.12. The molecule has 1 aliphatic heterocycles. The molecule has 2 amide bonds. The van der Waals surface area contributed by atoms with Crippen LogP contribution in [0.25, 0.3) is 0 Å². The van der Waals surface area contributed by atoms with Crippen LogP contribution in [0.3, 0.4) is 0 Å². The van der Waals surface area contributed by atoms with Crippen LogP contribution in [0.2, 0.25) is 0 Å². The molecule has 0 aromatic heterocycles. The first-order valence-electron chi connectivity index (χ1n) is 8.02. The molecule has 5 heteroatoms. The number of thioether (sulfide) groups is 1. The van der Waals surface area contributed by atoms with Gasteiger partial charge in [0.1, 0.15) is 0 Å². The Labute approximate surface area is 146 Å². The van der Waals surface area contributed by atoms with Crippen molar-refractivity contribution in [1.82, 2.24) is 5.32 Å². The van der Waals surface area contributed by atoms with Gasteiger partial charge in [-0.25, -0.2) is 0 Å². The maximum Gasteiger partial charge on any atom is 0.251 e. The molecule has 124 valence electrons. The molecule has 0 saturated carbocycles. The Morgan fingerprint density at radius 1 is 1.17 bits per heavy atom. The molecule has 0 spiro atoms. The first-order chi connectivity index (χ1) is 11.6. The zero-order valence-corrected chi connectivity index (χ0v) is 14.4. The number of rotatable bonds is 5. The average Bonchev–Trinajstić information content (AvgIpc) is 3.03. The largest absolute Gasteiger partial charge is 0.351 e. The average molecular weight is 340 g/mol. The van der Waals surface area contributed by atoms with Gasteiger partial charge in [0.2, 0.25) is 5.91 Å². The normalized spacial score (nSPS) is 12.8. The second-order valence-electron chi connectivity index (χ2n) is 5.68. The summed E-state index contributed by atoms with van der Waals surface area (Å²) in [5, 5.41) is 2.95. The van der Waals surface area contributed by atoms with Crippen LogP contribution in [0.1, 0.15) is 22.8 Å². The molecule has 0 atom stereocenters. The maximum absolute atomic E-state index is 12.3. The van der Waals surface area contributed by atoms with Gasteiger partial charge in [-0.1, -0.05) is 18.2 Å². The van der Waals surface area contributed by atoms with Gasteiger partial charge < -0.3 is 10.2 Å². The van der Waals surface area contributed by atoms with Gasteiger partial charge in [-0.3, -0.25) is 9.59 Å². The van der Waals surface area contributed by atoms with E-state index in [1.165, 1.54) is 4.90 Å². The molecule has 4 nitrogen and oxygen atoms in total. The van der Waals surface area contributed by atoms with Gasteiger partial charge in [0.05, 0.1) is 0 Å². The van der Waals surface area contributed by atoms with Crippen LogP contribution in [-0.2, 0) is 11.2 Å². The molecule has 1 N–H and O–H groups in total. The first-order valence-corrected chi connectivity index (χ1v) is 9.01. The second kappa shape index (κ2) is 7.53. The van der Waals surface area contributed by atoms with Crippen molar-refractivity contribution < 1.29 is 9.59 Å². The van der Waals surface area contributed by atoms with E-state index in [-0.39, 0.29) is 11.8 Å². The molecule has 0 radical (unpaired) electrons. The molecule has 1 aliphatic rings. The van der Waals surface area contributed by atoms with Crippen molar-refractivity contribution in [2.45, 2.75) is 18.2 Å². The highest BCUT2D eigenvalue weighted by atomic mass is 32.2. The molecule has 2 aromatic rings. The topological polar surface area (TPSA) is 49.4 Å². The summed E-state index contributed by atoms with van der Waals surface area (Å²) in [6, 6.07) is 15.7. The van der Waals surface area contributed by atoms with E-state index >= 15 is 0 Å². The fourth-order valence-corrected chi connectivity index (χ4v) is 3.61. The number of nitrogens with zero attached hydrogens (tertiary/aromatic N) is 1. The van der Waals surface area contributed by atoms with Gasteiger partial charge in [0.25, 0.3) is 5.91 Å². The Balaban J connectivity index is 1.53. The van der Waals surface area contributed by atoms with E-state index in [4.69, 9.17) is 0 Å². The SMILES string of the molecule is CC(=O)N1CCc2cc(C(=O)NCCSc3ccccc3)ccc21. The van der Waals surface area contributed by atoms with Crippen molar-refractivity contribution in [1.29, 1.82) is 0 Å². The van der Waals surface area contributed by atoms with Gasteiger partial charge in [0, 0.05) is 41.9 Å². The lowest BCUT2D eigenvalue weighted by molar-refractivity contribution is -0.116. The fourth-order valence-electron chi connectivity index (χ4n) is 2.82. The third kappa shape index (κ3) is 3.79. The monoisotopic (exact) mass is 340 g/mol. The minimum absolute atomic E-state index is 0.0453. The second-order valence-corrected chi connectivity index (χ2v) is 6.85. The third-order valence-corrected chi connectivity index (χ3v) is 5.03. The van der Waals surface area contributed by atoms with Gasteiger partial charge in [0.15, 0.2) is 0 Å². The third-order valence-electron chi connectivity index (χ3n) is 4.02. The number of hydrogen-bond acceptors (Lipinski definition) is 3. The quantitative estimate of drug-likeness (QED) is 0.672. The summed E-state index contributed by atoms with van der Waals surface area (Å²) in [5.74, 6) is 0.815. The van der Waals surface area contributed by atoms with E-state index in [9.17, 15) is 9.59 Å². The highest BCUT2D eigenvalue weighted by molar-refractivity contribution is 7.99. The van der Waals surface area contributed by atoms with Crippen molar-refractivity contribution in [2.24, 2.45) is 0 Å². The van der Waals surface area contributed by atoms with E-state index in [0.717, 1.165) is 23.4 Å². The molecule has 0 aliphatic carbocycles. The number of hydrogen-bond donors (Lipinski definition) is 1. The number of carbonyl (C=O) groups excluding carboxylic acids is 2. The number of benzene rings is 2. The van der Waals surface area contributed by atoms with Gasteiger partial charge in [-0.2, -0.15) is 0 Å². The highest BCUT2D eigenvalue weighted by Gasteiger charge is 2.22. The Bertz CT molecular complexity index is 746. The summed E-state index contributed by atoms with van der Waals surface area (Å²) in [5.41, 5.74) is 2.65. The molecule has 1 heterocycles. The summed E-state index contributed by atoms with van der Waals surface area (Å²) in [4.78, 5) is 26.8. The van der Waals surface area contributed by atoms with Crippen LogP contribution in [0.15, 0.2) is 53.4 Å². The van der Waals surface area contributed by atoms with Crippen LogP contribution in [-0.4, -0.2) is 30.7 Å². The van der Waals surface area contributed by atoms with Crippen molar-refractivity contribution in [2.75, 3.05) is 23.7 Å². The standard InChI is InChI=1S/C19H20N2O2S/c1-14(22)21-11-9-15-13-16(7-8-18(15)21)19(23)20-10-12-24-17-5-3-2-4-6-17/h2-8,13H,9-12H2,1H3,(H,20,23). The van der Waals surface area contributed by atoms with E-state index in [1.807, 2.05) is 30.3 Å². The first kappa shape index (κ1) is 16.6. The molecular formula is C19H20N2O2S. The molecule has 0 bridgehead atoms. The number of nitrogens with one attached hydrogen (secondary N) is 1. The lowest BCUT2D eigenvalue weighted by Crippen LogP contribution is -2.26. The lowest BCUT2D eigenvalue weighted by atomic mass is 10.1. The van der Waals surface area contributed by atoms with Crippen LogP contribution in [0, 0.1) is 0 Å². The fraction of sp³-hybridized carbons (Fsp3) is 0.263. The van der Waals surface area contributed by atoms with E-state index in [2.05, 4.69) is 17.4 Å². The van der Waals surface area contributed by atoms with Crippen molar-refractivity contribution >= 4 is 29.3 Å². The van der Waals surface area contributed by atoms with E-state index < -0.39 is 0 Å². The van der Waals surface area contributed by atoms with Crippen molar-refractivity contribution in [3.05, 3.63) is 59.7 Å². The van der Waals surface area contributed by atoms with Gasteiger partial charge in [-0.15, -0.1) is 11.8 Å². The zero-order chi connectivity index (χ0) is 16.9. The summed E-state index contributed by atoms with van der Waals surface area (Å²) in [7, 11) is 0. The smallest absolute Gasteiger partial charge is 0.251 e. The number of anilines is 1. The number of fused-ring (bicyclic) bond motifs is 1. The summed E-state index contributed by atoms with van der Waals surface area (Å²) < 4.78 is 0. The lowest BCUT2D eigenvalue weighted by Gasteiger charge is -2.14. The zero-order valence-electron chi connectivity index (χ0n) is 13.6. The number of amides is 2. The Morgan fingerprint density at radius 3 is 2.71 bits per heavy atom. The maximum atomic E-state index is 12.3. The Hall–Kier alpha value is -2.27. The molecular weight excluding hydrogens is 320 g/mol. The van der Waals surface area contributed by atoms with Crippen molar-refractivity contribution in [3.63, 3.8) is 0 Å². The molecule has 2 aromatic carbocycles. The van der Waals surface area contributed by atoms with Crippen LogP contribution in [0.4, 0.5) is 5.69 Å². The minimum Gasteiger partial charge on any atom is -0.351 e. The predicted molar refractivity (Wildman–Crippen MR) is 97.7 cm³/mol. The van der Waals surface area contributed by atoms with E-state index in [0.29, 0.717) is 18.7 Å². The Kier molecular flexibility index (Phi) is 5.20. The van der Waals surface area contributed by atoms with Gasteiger partial charge >= 0.3 is 0 Å². The molecule has 0 saturated heterocycles. The highest BCUT2D eigenvalue weighted by Crippen LogP contribution is 2.28. The summed E-state index contributed by atoms with van der Waals surface area (Å²) in [6.45, 7) is 2.89. The van der Waals surface area contributed by atoms with Crippen molar-refractivity contribution in [3.8, 4) is 0 Å². The molecule has 3 rings (SSSR count). The summed E-state index contributed by atoms with van der Waals surface area (Å²) >= 11 is 1.72. The molecule has 0 unspecified atom stereocenters. The molecule has 0 fully saturated rings. The van der Waals surface area contributed by atoms with Crippen LogP contribution < -0.4 is 10.2 Å².